The van der Waals surface area contributed by atoms with Gasteiger partial charge in [0.15, 0.2) is 5.96 Å². The number of nitrogens with two attached hydrogens (primary N) is 1. The van der Waals surface area contributed by atoms with E-state index in [-0.39, 0.29) is 24.0 Å². The van der Waals surface area contributed by atoms with Crippen LogP contribution in [0, 0.1) is 0 Å². The zero-order valence-corrected chi connectivity index (χ0v) is 18.3. The standard InChI is InChI=1S/C17H25ClF3N5.HI/c1-24(13-17(19,20)21)8-2-7-23-16(22)26-11-9-25(10-12-26)15-5-3-14(18)4-6-15;/h3-6H,2,7-13H2,1H3,(H2,22,23);1H. The van der Waals surface area contributed by atoms with Crippen LogP contribution in [0.2, 0.25) is 5.02 Å². The summed E-state index contributed by atoms with van der Waals surface area (Å²) < 4.78 is 36.8. The summed E-state index contributed by atoms with van der Waals surface area (Å²) >= 11 is 5.91. The number of nitrogens with zero attached hydrogens (tertiary/aromatic N) is 4. The molecule has 0 saturated carbocycles. The van der Waals surface area contributed by atoms with Crippen molar-refractivity contribution >= 4 is 47.2 Å². The molecule has 0 spiro atoms. The highest BCUT2D eigenvalue weighted by molar-refractivity contribution is 14.0. The molecule has 1 aliphatic heterocycles. The van der Waals surface area contributed by atoms with E-state index < -0.39 is 12.7 Å². The number of hydrogen-bond acceptors (Lipinski definition) is 3. The summed E-state index contributed by atoms with van der Waals surface area (Å²) in [6.45, 7) is 3.02. The third-order valence-electron chi connectivity index (χ3n) is 4.22. The minimum absolute atomic E-state index is 0. The molecule has 0 radical (unpaired) electrons. The Bertz CT molecular complexity index is 589. The molecule has 154 valence electrons. The quantitative estimate of drug-likeness (QED) is 0.271. The molecule has 1 aromatic rings. The van der Waals surface area contributed by atoms with Crippen molar-refractivity contribution in [1.82, 2.24) is 9.80 Å². The number of guanidine groups is 1. The van der Waals surface area contributed by atoms with Crippen LogP contribution in [-0.2, 0) is 0 Å². The molecule has 2 rings (SSSR count). The molecule has 1 fully saturated rings. The number of aliphatic imine (C=N–C) groups is 1. The molecule has 10 heteroatoms. The maximum Gasteiger partial charge on any atom is 0.401 e. The summed E-state index contributed by atoms with van der Waals surface area (Å²) in [6, 6.07) is 7.73. The molecule has 1 aliphatic rings. The maximum atomic E-state index is 12.3. The minimum atomic E-state index is -4.17. The Labute approximate surface area is 180 Å². The van der Waals surface area contributed by atoms with E-state index in [1.54, 1.807) is 0 Å². The number of alkyl halides is 3. The largest absolute Gasteiger partial charge is 0.401 e. The lowest BCUT2D eigenvalue weighted by Crippen LogP contribution is -2.51. The van der Waals surface area contributed by atoms with E-state index in [4.69, 9.17) is 17.3 Å². The molecule has 1 heterocycles. The highest BCUT2D eigenvalue weighted by Gasteiger charge is 2.28. The predicted molar refractivity (Wildman–Crippen MR) is 115 cm³/mol. The van der Waals surface area contributed by atoms with Crippen molar-refractivity contribution in [3.8, 4) is 0 Å². The summed E-state index contributed by atoms with van der Waals surface area (Å²) in [5.41, 5.74) is 7.14. The van der Waals surface area contributed by atoms with Crippen molar-refractivity contribution in [1.29, 1.82) is 0 Å². The topological polar surface area (TPSA) is 48.1 Å². The number of halogens is 5. The molecule has 0 aromatic heterocycles. The Morgan fingerprint density at radius 2 is 1.78 bits per heavy atom. The molecule has 27 heavy (non-hydrogen) atoms. The summed E-state index contributed by atoms with van der Waals surface area (Å²) in [5.74, 6) is 0.458. The monoisotopic (exact) mass is 519 g/mol. The first-order valence-corrected chi connectivity index (χ1v) is 8.93. The number of rotatable bonds is 6. The van der Waals surface area contributed by atoms with E-state index in [2.05, 4.69) is 9.89 Å². The summed E-state index contributed by atoms with van der Waals surface area (Å²) in [4.78, 5) is 9.81. The first-order valence-electron chi connectivity index (χ1n) is 8.55. The van der Waals surface area contributed by atoms with Crippen molar-refractivity contribution in [2.75, 3.05) is 57.8 Å². The summed E-state index contributed by atoms with van der Waals surface area (Å²) in [7, 11) is 1.45. The van der Waals surface area contributed by atoms with E-state index in [9.17, 15) is 13.2 Å². The molecule has 1 aromatic carbocycles. The van der Waals surface area contributed by atoms with Gasteiger partial charge in [0, 0.05) is 43.4 Å². The number of anilines is 1. The van der Waals surface area contributed by atoms with Crippen molar-refractivity contribution in [2.45, 2.75) is 12.6 Å². The van der Waals surface area contributed by atoms with Crippen LogP contribution in [0.15, 0.2) is 29.3 Å². The zero-order valence-electron chi connectivity index (χ0n) is 15.3. The SMILES string of the molecule is CN(CCCN=C(N)N1CCN(c2ccc(Cl)cc2)CC1)CC(F)(F)F.I. The van der Waals surface area contributed by atoms with Gasteiger partial charge >= 0.3 is 6.18 Å². The Hall–Kier alpha value is -0.940. The lowest BCUT2D eigenvalue weighted by molar-refractivity contribution is -0.143. The van der Waals surface area contributed by atoms with Crippen LogP contribution in [-0.4, -0.2) is 74.8 Å². The van der Waals surface area contributed by atoms with Gasteiger partial charge in [0.1, 0.15) is 0 Å². The van der Waals surface area contributed by atoms with Crippen LogP contribution in [0.4, 0.5) is 18.9 Å². The second-order valence-electron chi connectivity index (χ2n) is 6.40. The van der Waals surface area contributed by atoms with E-state index in [1.165, 1.54) is 11.9 Å². The first-order chi connectivity index (χ1) is 12.2. The third-order valence-corrected chi connectivity index (χ3v) is 4.47. The summed E-state index contributed by atoms with van der Waals surface area (Å²) in [5, 5.41) is 0.713. The predicted octanol–water partition coefficient (Wildman–Crippen LogP) is 3.28. The average Bonchev–Trinajstić information content (AvgIpc) is 2.58. The highest BCUT2D eigenvalue weighted by atomic mass is 127. The van der Waals surface area contributed by atoms with Crippen LogP contribution in [0.5, 0.6) is 0 Å². The Kier molecular flexibility index (Phi) is 9.96. The zero-order chi connectivity index (χ0) is 19.2. The van der Waals surface area contributed by atoms with Crippen molar-refractivity contribution < 1.29 is 13.2 Å². The second kappa shape index (κ2) is 11.2. The van der Waals surface area contributed by atoms with Crippen molar-refractivity contribution in [3.05, 3.63) is 29.3 Å². The van der Waals surface area contributed by atoms with Crippen molar-refractivity contribution in [2.24, 2.45) is 10.7 Å². The van der Waals surface area contributed by atoms with Gasteiger partial charge in [0.25, 0.3) is 0 Å². The van der Waals surface area contributed by atoms with Crippen LogP contribution in [0.3, 0.4) is 0 Å². The first kappa shape index (κ1) is 24.1. The van der Waals surface area contributed by atoms with Gasteiger partial charge in [0.2, 0.25) is 0 Å². The van der Waals surface area contributed by atoms with Crippen LogP contribution >= 0.6 is 35.6 Å². The van der Waals surface area contributed by atoms with E-state index >= 15 is 0 Å². The molecular formula is C17H26ClF3IN5. The molecule has 5 nitrogen and oxygen atoms in total. The van der Waals surface area contributed by atoms with Gasteiger partial charge in [-0.2, -0.15) is 13.2 Å². The lowest BCUT2D eigenvalue weighted by Gasteiger charge is -2.36. The van der Waals surface area contributed by atoms with Crippen LogP contribution in [0.25, 0.3) is 0 Å². The van der Waals surface area contributed by atoms with Gasteiger partial charge in [-0.15, -0.1) is 24.0 Å². The van der Waals surface area contributed by atoms with Gasteiger partial charge in [-0.05, 0) is 44.3 Å². The Morgan fingerprint density at radius 3 is 2.33 bits per heavy atom. The molecule has 2 N–H and O–H groups in total. The fourth-order valence-electron chi connectivity index (χ4n) is 2.87. The molecule has 0 bridgehead atoms. The number of hydrogen-bond donors (Lipinski definition) is 1. The minimum Gasteiger partial charge on any atom is -0.370 e. The fraction of sp³-hybridized carbons (Fsp3) is 0.588. The average molecular weight is 520 g/mol. The lowest BCUT2D eigenvalue weighted by atomic mass is 10.2. The van der Waals surface area contributed by atoms with E-state index in [0.717, 1.165) is 31.9 Å². The maximum absolute atomic E-state index is 12.3. The van der Waals surface area contributed by atoms with Gasteiger partial charge in [-0.25, -0.2) is 0 Å². The van der Waals surface area contributed by atoms with E-state index in [0.29, 0.717) is 30.5 Å². The van der Waals surface area contributed by atoms with Crippen molar-refractivity contribution in [3.63, 3.8) is 0 Å². The van der Waals surface area contributed by atoms with Gasteiger partial charge in [-0.1, -0.05) is 11.6 Å². The number of benzene rings is 1. The molecule has 0 amide bonds. The molecular weight excluding hydrogens is 494 g/mol. The Morgan fingerprint density at radius 1 is 1.19 bits per heavy atom. The fourth-order valence-corrected chi connectivity index (χ4v) is 2.99. The second-order valence-corrected chi connectivity index (χ2v) is 6.83. The normalized spacial score (nSPS) is 15.9. The molecule has 1 saturated heterocycles. The van der Waals surface area contributed by atoms with Crippen LogP contribution in [0.1, 0.15) is 6.42 Å². The number of piperazine rings is 1. The summed E-state index contributed by atoms with van der Waals surface area (Å²) in [6.07, 6.45) is -3.63. The molecule has 0 unspecified atom stereocenters. The molecule has 0 aliphatic carbocycles. The van der Waals surface area contributed by atoms with Gasteiger partial charge in [0.05, 0.1) is 6.54 Å². The smallest absolute Gasteiger partial charge is 0.370 e. The third kappa shape index (κ3) is 8.73. The molecule has 0 atom stereocenters. The van der Waals surface area contributed by atoms with Gasteiger partial charge in [-0.3, -0.25) is 9.89 Å². The van der Waals surface area contributed by atoms with Crippen LogP contribution < -0.4 is 10.6 Å². The highest BCUT2D eigenvalue weighted by Crippen LogP contribution is 2.19. The van der Waals surface area contributed by atoms with E-state index in [1.807, 2.05) is 29.2 Å². The van der Waals surface area contributed by atoms with Gasteiger partial charge < -0.3 is 15.5 Å². The Balaban J connectivity index is 0.00000364.